The van der Waals surface area contributed by atoms with Crippen LogP contribution in [0.5, 0.6) is 0 Å². The number of fused-ring (bicyclic) bond motifs is 12. The van der Waals surface area contributed by atoms with Gasteiger partial charge in [0.15, 0.2) is 0 Å². The van der Waals surface area contributed by atoms with E-state index in [1.807, 2.05) is 6.07 Å². The first-order valence-corrected chi connectivity index (χ1v) is 19.9. The molecule has 0 radical (unpaired) electrons. The molecule has 10 aromatic rings. The Morgan fingerprint density at radius 1 is 0.414 bits per heavy atom. The van der Waals surface area contributed by atoms with E-state index in [1.54, 1.807) is 0 Å². The maximum atomic E-state index is 9.98. The van der Waals surface area contributed by atoms with E-state index in [-0.39, 0.29) is 6.17 Å². The van der Waals surface area contributed by atoms with Crippen molar-refractivity contribution in [3.63, 3.8) is 0 Å². The second-order valence-corrected chi connectivity index (χ2v) is 15.7. The van der Waals surface area contributed by atoms with Crippen LogP contribution in [0.15, 0.2) is 188 Å². The average molecular weight is 738 g/mol. The SMILES string of the molecule is CN1c2ccccc2N2c3cc(C#N)ccc3-c3cc(-c4ccc5c(-c6ccc7ccccc7c6)c6ccccc6c(-c6ccc7ccccc7c6)c5c4)ccc3C12. The lowest BCUT2D eigenvalue weighted by molar-refractivity contribution is 0.713. The summed E-state index contributed by atoms with van der Waals surface area (Å²) in [6.07, 6.45) is -0.0186. The highest BCUT2D eigenvalue weighted by atomic mass is 15.4. The Morgan fingerprint density at radius 3 is 1.66 bits per heavy atom. The first-order chi connectivity index (χ1) is 28.6. The maximum absolute atomic E-state index is 9.98. The summed E-state index contributed by atoms with van der Waals surface area (Å²) in [4.78, 5) is 4.76. The van der Waals surface area contributed by atoms with E-state index in [9.17, 15) is 5.26 Å². The van der Waals surface area contributed by atoms with E-state index in [0.717, 1.165) is 28.1 Å². The fourth-order valence-corrected chi connectivity index (χ4v) is 9.90. The maximum Gasteiger partial charge on any atom is 0.133 e. The van der Waals surface area contributed by atoms with Crippen LogP contribution in [0.25, 0.3) is 87.6 Å². The van der Waals surface area contributed by atoms with E-state index < -0.39 is 0 Å². The Bertz CT molecular complexity index is 3410. The standard InChI is InChI=1S/C55H35N3/c1-57-50-16-8-9-17-51(50)58-52-28-34(33-56)18-25-43(52)48-31-39(24-27-47(48)55(57)58)40-23-26-46-49(32-40)54(42-22-20-36-11-3-5-13-38(36)30-42)45-15-7-6-14-44(45)53(46)41-21-19-35-10-2-4-12-37(35)29-41/h2-32,55H,1H3. The van der Waals surface area contributed by atoms with Crippen LogP contribution in [-0.4, -0.2) is 7.05 Å². The number of hydrogen-bond donors (Lipinski definition) is 0. The third kappa shape index (κ3) is 4.73. The zero-order valence-electron chi connectivity index (χ0n) is 31.8. The van der Waals surface area contributed by atoms with E-state index >= 15 is 0 Å². The second kappa shape index (κ2) is 12.4. The van der Waals surface area contributed by atoms with Crippen LogP contribution in [0.1, 0.15) is 17.3 Å². The molecule has 0 N–H and O–H groups in total. The van der Waals surface area contributed by atoms with Gasteiger partial charge in [-0.05, 0) is 131 Å². The molecule has 0 bridgehead atoms. The molecule has 10 aromatic carbocycles. The summed E-state index contributed by atoms with van der Waals surface area (Å²) in [7, 11) is 2.18. The van der Waals surface area contributed by atoms with E-state index in [0.29, 0.717) is 5.56 Å². The van der Waals surface area contributed by atoms with Crippen LogP contribution in [-0.2, 0) is 0 Å². The highest BCUT2D eigenvalue weighted by molar-refractivity contribution is 6.22. The summed E-state index contributed by atoms with van der Waals surface area (Å²) in [5, 5.41) is 19.9. The smallest absolute Gasteiger partial charge is 0.133 e. The summed E-state index contributed by atoms with van der Waals surface area (Å²) >= 11 is 0. The summed E-state index contributed by atoms with van der Waals surface area (Å²) in [6, 6.07) is 71.1. The Hall–Kier alpha value is -7.67. The highest BCUT2D eigenvalue weighted by Gasteiger charge is 2.41. The number of hydrogen-bond acceptors (Lipinski definition) is 3. The molecule has 0 aromatic heterocycles. The van der Waals surface area contributed by atoms with Crippen molar-refractivity contribution >= 4 is 60.2 Å². The molecule has 0 spiro atoms. The molecule has 58 heavy (non-hydrogen) atoms. The van der Waals surface area contributed by atoms with Crippen LogP contribution in [0.2, 0.25) is 0 Å². The average Bonchev–Trinajstić information content (AvgIpc) is 3.59. The molecular formula is C55H35N3. The van der Waals surface area contributed by atoms with Crippen molar-refractivity contribution in [1.82, 2.24) is 0 Å². The van der Waals surface area contributed by atoms with Gasteiger partial charge in [0, 0.05) is 18.2 Å². The summed E-state index contributed by atoms with van der Waals surface area (Å²) in [5.74, 6) is 0. The minimum Gasteiger partial charge on any atom is -0.348 e. The molecule has 3 nitrogen and oxygen atoms in total. The summed E-state index contributed by atoms with van der Waals surface area (Å²) in [6.45, 7) is 0. The van der Waals surface area contributed by atoms with Gasteiger partial charge in [0.05, 0.1) is 28.7 Å². The van der Waals surface area contributed by atoms with Gasteiger partial charge in [-0.25, -0.2) is 0 Å². The molecule has 0 saturated heterocycles. The third-order valence-electron chi connectivity index (χ3n) is 12.6. The van der Waals surface area contributed by atoms with Crippen molar-refractivity contribution in [3.05, 3.63) is 199 Å². The second-order valence-electron chi connectivity index (χ2n) is 15.7. The number of anilines is 3. The molecular weight excluding hydrogens is 703 g/mol. The molecule has 0 aliphatic carbocycles. The normalized spacial score (nSPS) is 14.0. The number of benzene rings is 10. The zero-order valence-corrected chi connectivity index (χ0v) is 31.8. The van der Waals surface area contributed by atoms with Crippen LogP contribution >= 0.6 is 0 Å². The topological polar surface area (TPSA) is 30.3 Å². The van der Waals surface area contributed by atoms with Gasteiger partial charge in [0.2, 0.25) is 0 Å². The Morgan fingerprint density at radius 2 is 0.966 bits per heavy atom. The highest BCUT2D eigenvalue weighted by Crippen LogP contribution is 2.57. The quantitative estimate of drug-likeness (QED) is 0.169. The van der Waals surface area contributed by atoms with Crippen LogP contribution in [0, 0.1) is 11.3 Å². The van der Waals surface area contributed by atoms with Gasteiger partial charge in [0.1, 0.15) is 6.17 Å². The van der Waals surface area contributed by atoms with E-state index in [2.05, 4.69) is 205 Å². The van der Waals surface area contributed by atoms with Gasteiger partial charge >= 0.3 is 0 Å². The van der Waals surface area contributed by atoms with Gasteiger partial charge in [-0.1, -0.05) is 140 Å². The third-order valence-corrected chi connectivity index (χ3v) is 12.6. The number of nitriles is 1. The van der Waals surface area contributed by atoms with Gasteiger partial charge in [-0.2, -0.15) is 5.26 Å². The molecule has 2 aliphatic rings. The Kier molecular flexibility index (Phi) is 6.97. The van der Waals surface area contributed by atoms with Crippen molar-refractivity contribution in [2.75, 3.05) is 16.8 Å². The van der Waals surface area contributed by atoms with Crippen LogP contribution < -0.4 is 9.80 Å². The summed E-state index contributed by atoms with van der Waals surface area (Å²) < 4.78 is 0. The lowest BCUT2D eigenvalue weighted by atomic mass is 9.83. The summed E-state index contributed by atoms with van der Waals surface area (Å²) in [5.41, 5.74) is 14.9. The zero-order chi connectivity index (χ0) is 38.5. The Balaban J connectivity index is 1.11. The van der Waals surface area contributed by atoms with Crippen LogP contribution in [0.4, 0.5) is 17.1 Å². The van der Waals surface area contributed by atoms with Gasteiger partial charge in [0.25, 0.3) is 0 Å². The first-order valence-electron chi connectivity index (χ1n) is 19.9. The van der Waals surface area contributed by atoms with Crippen LogP contribution in [0.3, 0.4) is 0 Å². The molecule has 0 saturated carbocycles. The van der Waals surface area contributed by atoms with Gasteiger partial charge < -0.3 is 9.80 Å². The molecule has 270 valence electrons. The van der Waals surface area contributed by atoms with E-state index in [1.165, 1.54) is 82.2 Å². The number of rotatable bonds is 3. The Labute approximate surface area is 336 Å². The molecule has 1 atom stereocenters. The number of para-hydroxylation sites is 2. The largest absolute Gasteiger partial charge is 0.348 e. The minimum atomic E-state index is -0.0186. The molecule has 2 heterocycles. The lowest BCUT2D eigenvalue weighted by Gasteiger charge is -2.38. The van der Waals surface area contributed by atoms with Crippen molar-refractivity contribution < 1.29 is 0 Å². The van der Waals surface area contributed by atoms with Crippen molar-refractivity contribution in [3.8, 4) is 50.6 Å². The molecule has 0 fully saturated rings. The molecule has 3 heteroatoms. The minimum absolute atomic E-state index is 0.0186. The van der Waals surface area contributed by atoms with Gasteiger partial charge in [-0.3, -0.25) is 0 Å². The molecule has 2 aliphatic heterocycles. The fourth-order valence-electron chi connectivity index (χ4n) is 9.90. The van der Waals surface area contributed by atoms with Gasteiger partial charge in [-0.15, -0.1) is 0 Å². The molecule has 12 rings (SSSR count). The van der Waals surface area contributed by atoms with Crippen molar-refractivity contribution in [2.45, 2.75) is 6.17 Å². The predicted molar refractivity (Wildman–Crippen MR) is 243 cm³/mol. The fraction of sp³-hybridized carbons (Fsp3) is 0.0364. The first kappa shape index (κ1) is 32.6. The predicted octanol–water partition coefficient (Wildman–Crippen LogP) is 14.4. The lowest BCUT2D eigenvalue weighted by Crippen LogP contribution is -2.33. The van der Waals surface area contributed by atoms with Crippen molar-refractivity contribution in [2.24, 2.45) is 0 Å². The molecule has 1 unspecified atom stereocenters. The van der Waals surface area contributed by atoms with E-state index in [4.69, 9.17) is 0 Å². The number of nitrogens with zero attached hydrogens (tertiary/aromatic N) is 3. The molecule has 0 amide bonds. The van der Waals surface area contributed by atoms with Crippen molar-refractivity contribution in [1.29, 1.82) is 5.26 Å². The monoisotopic (exact) mass is 737 g/mol.